The Morgan fingerprint density at radius 2 is 2.08 bits per heavy atom. The second-order valence-electron chi connectivity index (χ2n) is 8.17. The summed E-state index contributed by atoms with van der Waals surface area (Å²) < 4.78 is 8.85. The highest BCUT2D eigenvalue weighted by Crippen LogP contribution is 2.21. The number of imidazole rings is 2. The van der Waals surface area contributed by atoms with Crippen molar-refractivity contribution in [2.45, 2.75) is 19.5 Å². The van der Waals surface area contributed by atoms with Gasteiger partial charge < -0.3 is 14.2 Å². The second-order valence-corrected chi connectivity index (χ2v) is 8.17. The monoisotopic (exact) mass is 486 g/mol. The maximum Gasteiger partial charge on any atom is 0.258 e. The van der Waals surface area contributed by atoms with Crippen LogP contribution in [0.5, 0.6) is 0 Å². The Hall–Kier alpha value is -4.56. The Kier molecular flexibility index (Phi) is 7.67. The first-order chi connectivity index (χ1) is 17.5. The van der Waals surface area contributed by atoms with Gasteiger partial charge in [0.1, 0.15) is 5.52 Å². The molecule has 0 fully saturated rings. The lowest BCUT2D eigenvalue weighted by Gasteiger charge is -2.17. The van der Waals surface area contributed by atoms with E-state index in [0.29, 0.717) is 66.5 Å². The van der Waals surface area contributed by atoms with Crippen LogP contribution in [-0.2, 0) is 17.8 Å². The van der Waals surface area contributed by atoms with Gasteiger partial charge in [-0.2, -0.15) is 5.26 Å². The summed E-state index contributed by atoms with van der Waals surface area (Å²) in [5.41, 5.74) is 2.16. The molecule has 3 aromatic heterocycles. The maximum absolute atomic E-state index is 13.0. The number of hydrogen-bond donors (Lipinski definition) is 1. The number of nitrogens with zero attached hydrogens (tertiary/aromatic N) is 7. The molecule has 4 rings (SSSR count). The van der Waals surface area contributed by atoms with E-state index in [1.54, 1.807) is 60.4 Å². The van der Waals surface area contributed by atoms with Crippen molar-refractivity contribution in [1.82, 2.24) is 29.0 Å². The molecule has 0 aliphatic heterocycles. The number of fused-ring (bicyclic) bond motifs is 1. The molecule has 3 heterocycles. The number of likely N-dealkylation sites (N-methyl/N-ethyl adjacent to an activating group) is 1. The van der Waals surface area contributed by atoms with Gasteiger partial charge in [-0.25, -0.2) is 15.0 Å². The van der Waals surface area contributed by atoms with Crippen LogP contribution in [0.25, 0.3) is 11.2 Å². The molecule has 36 heavy (non-hydrogen) atoms. The number of aryl methyl sites for hydroxylation is 1. The molecule has 1 N–H and O–H groups in total. The molecule has 11 heteroatoms. The summed E-state index contributed by atoms with van der Waals surface area (Å²) in [5, 5.41) is 12.0. The lowest BCUT2D eigenvalue weighted by Crippen LogP contribution is -2.30. The Labute approximate surface area is 208 Å². The molecule has 0 radical (unpaired) electrons. The van der Waals surface area contributed by atoms with E-state index < -0.39 is 5.91 Å². The Morgan fingerprint density at radius 3 is 2.83 bits per heavy atom. The van der Waals surface area contributed by atoms with Crippen LogP contribution in [0.3, 0.4) is 0 Å². The van der Waals surface area contributed by atoms with Crippen LogP contribution in [0.4, 0.5) is 5.95 Å². The zero-order valence-corrected chi connectivity index (χ0v) is 20.1. The number of benzene rings is 1. The van der Waals surface area contributed by atoms with E-state index in [4.69, 9.17) is 10.00 Å². The highest BCUT2D eigenvalue weighted by atomic mass is 16.5. The molecule has 0 saturated heterocycles. The number of nitrogens with one attached hydrogen (secondary N) is 1. The standard InChI is InChI=1S/C25H26N8O3/c1-31(10-11-32-9-7-27-17-32)24(35)20-14-21-22(28-16-20)33(8-4-12-36-2)25(29-21)30-23(34)19-6-3-5-18(13-19)15-26/h3,5-7,9,13-14,16-17H,4,8,10-12H2,1-2H3,(H,29,30,34). The highest BCUT2D eigenvalue weighted by molar-refractivity contribution is 6.04. The summed E-state index contributed by atoms with van der Waals surface area (Å²) in [6, 6.07) is 10.1. The molecule has 1 aromatic carbocycles. The number of nitriles is 1. The molecule has 0 aliphatic rings. The number of pyridine rings is 1. The van der Waals surface area contributed by atoms with Gasteiger partial charge in [0.25, 0.3) is 11.8 Å². The van der Waals surface area contributed by atoms with E-state index in [1.807, 2.05) is 16.8 Å². The van der Waals surface area contributed by atoms with E-state index in [1.165, 1.54) is 12.3 Å². The molecular weight excluding hydrogens is 460 g/mol. The first kappa shape index (κ1) is 24.6. The molecule has 11 nitrogen and oxygen atoms in total. The Bertz CT molecular complexity index is 1400. The Balaban J connectivity index is 1.58. The SMILES string of the molecule is COCCCn1c(NC(=O)c2cccc(C#N)c2)nc2cc(C(=O)N(C)CCn3ccnc3)cnc21. The van der Waals surface area contributed by atoms with Crippen molar-refractivity contribution in [2.75, 3.05) is 32.6 Å². The minimum atomic E-state index is -0.397. The van der Waals surface area contributed by atoms with Gasteiger partial charge in [0, 0.05) is 64.6 Å². The first-order valence-electron chi connectivity index (χ1n) is 11.4. The van der Waals surface area contributed by atoms with Crippen LogP contribution in [0.15, 0.2) is 55.2 Å². The fourth-order valence-electron chi connectivity index (χ4n) is 3.71. The largest absolute Gasteiger partial charge is 0.385 e. The van der Waals surface area contributed by atoms with Crippen LogP contribution >= 0.6 is 0 Å². The summed E-state index contributed by atoms with van der Waals surface area (Å²) in [4.78, 5) is 40.6. The molecule has 0 bridgehead atoms. The topological polar surface area (TPSA) is 131 Å². The van der Waals surface area contributed by atoms with E-state index in [0.717, 1.165) is 0 Å². The van der Waals surface area contributed by atoms with Crippen LogP contribution in [-0.4, -0.2) is 68.1 Å². The number of amides is 2. The van der Waals surface area contributed by atoms with Crippen molar-refractivity contribution in [1.29, 1.82) is 5.26 Å². The first-order valence-corrected chi connectivity index (χ1v) is 11.4. The molecule has 4 aromatic rings. The van der Waals surface area contributed by atoms with Gasteiger partial charge >= 0.3 is 0 Å². The molecule has 0 spiro atoms. The van der Waals surface area contributed by atoms with Crippen molar-refractivity contribution < 1.29 is 14.3 Å². The van der Waals surface area contributed by atoms with Gasteiger partial charge in [0.05, 0.1) is 23.5 Å². The number of ether oxygens (including phenoxy) is 1. The molecular formula is C25H26N8O3. The average molecular weight is 487 g/mol. The predicted octanol–water partition coefficient (Wildman–Crippen LogP) is 2.56. The maximum atomic E-state index is 13.0. The Morgan fingerprint density at radius 1 is 1.22 bits per heavy atom. The number of methoxy groups -OCH3 is 1. The van der Waals surface area contributed by atoms with E-state index in [9.17, 15) is 9.59 Å². The van der Waals surface area contributed by atoms with Gasteiger partial charge in [-0.1, -0.05) is 6.07 Å². The lowest BCUT2D eigenvalue weighted by atomic mass is 10.1. The summed E-state index contributed by atoms with van der Waals surface area (Å²) in [7, 11) is 3.35. The van der Waals surface area contributed by atoms with Gasteiger partial charge in [-0.3, -0.25) is 19.5 Å². The minimum absolute atomic E-state index is 0.183. The minimum Gasteiger partial charge on any atom is -0.385 e. The molecule has 0 saturated carbocycles. The predicted molar refractivity (Wildman–Crippen MR) is 132 cm³/mol. The molecule has 0 aliphatic carbocycles. The highest BCUT2D eigenvalue weighted by Gasteiger charge is 2.19. The third kappa shape index (κ3) is 5.56. The molecule has 0 unspecified atom stereocenters. The van der Waals surface area contributed by atoms with E-state index in [-0.39, 0.29) is 5.91 Å². The summed E-state index contributed by atoms with van der Waals surface area (Å²) in [5.74, 6) is -0.276. The van der Waals surface area contributed by atoms with Gasteiger partial charge in [0.2, 0.25) is 5.95 Å². The number of carbonyl (C=O) groups is 2. The van der Waals surface area contributed by atoms with Gasteiger partial charge in [0.15, 0.2) is 5.65 Å². The average Bonchev–Trinajstić information content (AvgIpc) is 3.54. The molecule has 0 atom stereocenters. The third-order valence-corrected chi connectivity index (χ3v) is 5.64. The second kappa shape index (κ2) is 11.2. The van der Waals surface area contributed by atoms with Crippen molar-refractivity contribution >= 4 is 28.9 Å². The zero-order chi connectivity index (χ0) is 25.5. The van der Waals surface area contributed by atoms with Crippen molar-refractivity contribution in [3.63, 3.8) is 0 Å². The van der Waals surface area contributed by atoms with Gasteiger partial charge in [-0.05, 0) is 30.7 Å². The normalized spacial score (nSPS) is 10.8. The van der Waals surface area contributed by atoms with Crippen molar-refractivity contribution in [2.24, 2.45) is 0 Å². The van der Waals surface area contributed by atoms with Crippen molar-refractivity contribution in [3.8, 4) is 6.07 Å². The van der Waals surface area contributed by atoms with Crippen LogP contribution in [0.1, 0.15) is 32.7 Å². The number of hydrogen-bond acceptors (Lipinski definition) is 7. The van der Waals surface area contributed by atoms with Gasteiger partial charge in [-0.15, -0.1) is 0 Å². The lowest BCUT2D eigenvalue weighted by molar-refractivity contribution is 0.0790. The summed E-state index contributed by atoms with van der Waals surface area (Å²) in [6.45, 7) is 2.15. The van der Waals surface area contributed by atoms with E-state index >= 15 is 0 Å². The molecule has 184 valence electrons. The third-order valence-electron chi connectivity index (χ3n) is 5.64. The summed E-state index contributed by atoms with van der Waals surface area (Å²) >= 11 is 0. The zero-order valence-electron chi connectivity index (χ0n) is 20.1. The fraction of sp³-hybridized carbons (Fsp3) is 0.280. The quantitative estimate of drug-likeness (QED) is 0.341. The molecule has 2 amide bonds. The number of anilines is 1. The van der Waals surface area contributed by atoms with Crippen LogP contribution in [0.2, 0.25) is 0 Å². The van der Waals surface area contributed by atoms with Crippen LogP contribution in [0, 0.1) is 11.3 Å². The number of carbonyl (C=O) groups excluding carboxylic acids is 2. The van der Waals surface area contributed by atoms with Crippen molar-refractivity contribution in [3.05, 3.63) is 71.9 Å². The number of aromatic nitrogens is 5. The number of rotatable bonds is 10. The summed E-state index contributed by atoms with van der Waals surface area (Å²) in [6.07, 6.45) is 7.44. The smallest absolute Gasteiger partial charge is 0.258 e. The van der Waals surface area contributed by atoms with E-state index in [2.05, 4.69) is 20.3 Å². The van der Waals surface area contributed by atoms with Crippen LogP contribution < -0.4 is 5.32 Å². The fourth-order valence-corrected chi connectivity index (χ4v) is 3.71.